The summed E-state index contributed by atoms with van der Waals surface area (Å²) in [6.45, 7) is 5.76. The van der Waals surface area contributed by atoms with Gasteiger partial charge in [-0.25, -0.2) is 0 Å². The van der Waals surface area contributed by atoms with Crippen LogP contribution in [0.2, 0.25) is 0 Å². The van der Waals surface area contributed by atoms with Gasteiger partial charge in [0.1, 0.15) is 17.3 Å². The van der Waals surface area contributed by atoms with Gasteiger partial charge in [0.25, 0.3) is 5.91 Å². The van der Waals surface area contributed by atoms with E-state index in [1.54, 1.807) is 30.1 Å². The average Bonchev–Trinajstić information content (AvgIpc) is 3.08. The Hall–Kier alpha value is -3.38. The quantitative estimate of drug-likeness (QED) is 0.335. The number of unbranched alkanes of at least 4 members (excludes halogenated alkanes) is 1. The minimum Gasteiger partial charge on any atom is -0.493 e. The first-order chi connectivity index (χ1) is 21.8. The number of carbonyl (C=O) groups excluding carboxylic acids is 3. The lowest BCUT2D eigenvalue weighted by Gasteiger charge is -2.52. The third-order valence-corrected chi connectivity index (χ3v) is 9.48. The molecule has 3 aliphatic rings. The van der Waals surface area contributed by atoms with Crippen molar-refractivity contribution < 1.29 is 33.7 Å². The number of benzene rings is 2. The lowest BCUT2D eigenvalue weighted by molar-refractivity contribution is -0.166. The van der Waals surface area contributed by atoms with Crippen molar-refractivity contribution in [3.8, 4) is 17.2 Å². The van der Waals surface area contributed by atoms with Crippen molar-refractivity contribution in [1.29, 1.82) is 0 Å². The Kier molecular flexibility index (Phi) is 12.3. The zero-order valence-corrected chi connectivity index (χ0v) is 27.8. The first-order valence-corrected chi connectivity index (χ1v) is 16.1. The van der Waals surface area contributed by atoms with Gasteiger partial charge < -0.3 is 34.9 Å². The van der Waals surface area contributed by atoms with Gasteiger partial charge in [0, 0.05) is 52.0 Å². The molecule has 2 atom stereocenters. The summed E-state index contributed by atoms with van der Waals surface area (Å²) >= 11 is 0. The summed E-state index contributed by atoms with van der Waals surface area (Å²) in [6.07, 6.45) is 3.26. The molecule has 0 radical (unpaired) electrons. The molecule has 3 saturated heterocycles. The number of piperazine rings is 1. The van der Waals surface area contributed by atoms with Gasteiger partial charge in [0.2, 0.25) is 11.8 Å². The Balaban J connectivity index is 0.00000480. The van der Waals surface area contributed by atoms with Crippen LogP contribution in [0.3, 0.4) is 0 Å². The minimum atomic E-state index is -0.915. The molecule has 46 heavy (non-hydrogen) atoms. The minimum absolute atomic E-state index is 0. The third kappa shape index (κ3) is 7.60. The number of nitrogens with zero attached hydrogens (tertiary/aromatic N) is 2. The molecule has 0 aliphatic carbocycles. The maximum atomic E-state index is 13.8. The highest BCUT2D eigenvalue weighted by atomic mass is 35.5. The molecular formula is C34H47ClN4O7. The molecule has 12 heteroatoms. The van der Waals surface area contributed by atoms with Crippen LogP contribution in [0, 0.1) is 5.92 Å². The van der Waals surface area contributed by atoms with Gasteiger partial charge in [-0.3, -0.25) is 19.3 Å². The van der Waals surface area contributed by atoms with Crippen LogP contribution in [0.1, 0.15) is 61.4 Å². The van der Waals surface area contributed by atoms with E-state index >= 15 is 0 Å². The van der Waals surface area contributed by atoms with Crippen molar-refractivity contribution in [3.05, 3.63) is 53.6 Å². The number of hydrogen-bond acceptors (Lipinski definition) is 8. The van der Waals surface area contributed by atoms with E-state index < -0.39 is 17.7 Å². The van der Waals surface area contributed by atoms with Crippen LogP contribution in [0.15, 0.2) is 42.5 Å². The summed E-state index contributed by atoms with van der Waals surface area (Å²) in [5.74, 6) is 1.04. The number of likely N-dealkylation sites (tertiary alicyclic amines) is 1. The van der Waals surface area contributed by atoms with E-state index in [4.69, 9.17) is 14.2 Å². The van der Waals surface area contributed by atoms with Crippen LogP contribution in [0.5, 0.6) is 17.2 Å². The van der Waals surface area contributed by atoms with Crippen LogP contribution in [-0.2, 0) is 20.9 Å². The Morgan fingerprint density at radius 3 is 2.43 bits per heavy atom. The second kappa shape index (κ2) is 15.9. The number of aliphatic hydroxyl groups excluding tert-OH is 1. The fraction of sp³-hybridized carbons (Fsp3) is 0.559. The van der Waals surface area contributed by atoms with Crippen molar-refractivity contribution in [3.63, 3.8) is 0 Å². The largest absolute Gasteiger partial charge is 0.493 e. The van der Waals surface area contributed by atoms with Gasteiger partial charge in [-0.1, -0.05) is 25.5 Å². The molecule has 3 fully saturated rings. The molecule has 1 spiro atoms. The Bertz CT molecular complexity index is 1340. The average molecular weight is 659 g/mol. The van der Waals surface area contributed by atoms with E-state index in [9.17, 15) is 19.5 Å². The molecule has 0 saturated carbocycles. The second-order valence-electron chi connectivity index (χ2n) is 12.2. The normalized spacial score (nSPS) is 20.9. The van der Waals surface area contributed by atoms with E-state index in [0.717, 1.165) is 18.4 Å². The van der Waals surface area contributed by atoms with Crippen molar-refractivity contribution in [2.24, 2.45) is 5.92 Å². The zero-order valence-electron chi connectivity index (χ0n) is 27.0. The maximum absolute atomic E-state index is 13.8. The third-order valence-electron chi connectivity index (χ3n) is 9.48. The predicted octanol–water partition coefficient (Wildman–Crippen LogP) is 3.52. The van der Waals surface area contributed by atoms with Crippen molar-refractivity contribution in [2.45, 2.75) is 69.7 Å². The lowest BCUT2D eigenvalue weighted by Crippen LogP contribution is -2.75. The molecule has 3 amide bonds. The molecule has 0 unspecified atom stereocenters. The number of methoxy groups -OCH3 is 1. The fourth-order valence-corrected chi connectivity index (χ4v) is 6.70. The van der Waals surface area contributed by atoms with Crippen molar-refractivity contribution in [2.75, 3.05) is 47.0 Å². The lowest BCUT2D eigenvalue weighted by atomic mass is 9.79. The van der Waals surface area contributed by atoms with E-state index in [0.29, 0.717) is 87.9 Å². The first kappa shape index (κ1) is 35.5. The number of halogens is 1. The van der Waals surface area contributed by atoms with Crippen molar-refractivity contribution >= 4 is 30.1 Å². The van der Waals surface area contributed by atoms with E-state index in [1.807, 2.05) is 24.3 Å². The van der Waals surface area contributed by atoms with Gasteiger partial charge >= 0.3 is 0 Å². The summed E-state index contributed by atoms with van der Waals surface area (Å²) in [7, 11) is 3.11. The van der Waals surface area contributed by atoms with Gasteiger partial charge in [-0.15, -0.1) is 12.4 Å². The van der Waals surface area contributed by atoms with Crippen molar-refractivity contribution in [1.82, 2.24) is 20.4 Å². The van der Waals surface area contributed by atoms with Gasteiger partial charge in [-0.2, -0.15) is 0 Å². The van der Waals surface area contributed by atoms with Crippen LogP contribution < -0.4 is 20.1 Å². The molecular weight excluding hydrogens is 612 g/mol. The summed E-state index contributed by atoms with van der Waals surface area (Å²) in [6, 6.07) is 12.0. The highest BCUT2D eigenvalue weighted by Gasteiger charge is 2.55. The Morgan fingerprint density at radius 2 is 1.80 bits per heavy atom. The first-order valence-electron chi connectivity index (χ1n) is 16.1. The van der Waals surface area contributed by atoms with E-state index in [1.165, 1.54) is 7.11 Å². The molecule has 252 valence electrons. The molecule has 3 aliphatic heterocycles. The number of nitrogens with one attached hydrogen (secondary N) is 2. The summed E-state index contributed by atoms with van der Waals surface area (Å²) in [4.78, 5) is 43.6. The number of rotatable bonds is 11. The standard InChI is InChI=1S/C34H46N4O7.ClH/c1-4-5-16-38-32(41)29(30(39)24-12-19-44-20-13-24)36-33(42)34(38)14-17-37(18-15-34)22-23-6-9-26(10-7-23)45-27-11-8-25(31(40)35-2)21-28(27)43-3;/h6-11,21,24,29-30,39H,4-5,12-20,22H2,1-3H3,(H,35,40)(H,36,42);1H/t29-,30-;/m1./s1. The van der Waals surface area contributed by atoms with Gasteiger partial charge in [-0.05, 0) is 73.9 Å². The predicted molar refractivity (Wildman–Crippen MR) is 175 cm³/mol. The zero-order chi connectivity index (χ0) is 32.0. The van der Waals surface area contributed by atoms with Crippen LogP contribution in [0.4, 0.5) is 0 Å². The molecule has 2 aromatic carbocycles. The smallest absolute Gasteiger partial charge is 0.251 e. The number of amides is 3. The molecule has 5 rings (SSSR count). The number of carbonyl (C=O) groups is 3. The fourth-order valence-electron chi connectivity index (χ4n) is 6.70. The van der Waals surface area contributed by atoms with E-state index in [-0.39, 0.29) is 36.0 Å². The summed E-state index contributed by atoms with van der Waals surface area (Å²) in [5.41, 5.74) is 0.696. The molecule has 3 heterocycles. The number of piperidine rings is 1. The maximum Gasteiger partial charge on any atom is 0.251 e. The second-order valence-corrected chi connectivity index (χ2v) is 12.2. The Morgan fingerprint density at radius 1 is 1.11 bits per heavy atom. The van der Waals surface area contributed by atoms with Gasteiger partial charge in [0.05, 0.1) is 13.2 Å². The monoisotopic (exact) mass is 658 g/mol. The summed E-state index contributed by atoms with van der Waals surface area (Å²) in [5, 5.41) is 16.7. The van der Waals surface area contributed by atoms with Crippen LogP contribution in [-0.4, -0.2) is 97.3 Å². The van der Waals surface area contributed by atoms with Crippen LogP contribution >= 0.6 is 12.4 Å². The van der Waals surface area contributed by atoms with E-state index in [2.05, 4.69) is 22.5 Å². The number of ether oxygens (including phenoxy) is 3. The molecule has 0 aromatic heterocycles. The highest BCUT2D eigenvalue weighted by molar-refractivity contribution is 6.00. The topological polar surface area (TPSA) is 130 Å². The van der Waals surface area contributed by atoms with Gasteiger partial charge in [0.15, 0.2) is 11.5 Å². The molecule has 3 N–H and O–H groups in total. The van der Waals surface area contributed by atoms with Crippen LogP contribution in [0.25, 0.3) is 0 Å². The molecule has 2 aromatic rings. The highest BCUT2D eigenvalue weighted by Crippen LogP contribution is 2.36. The number of aliphatic hydroxyl groups is 1. The summed E-state index contributed by atoms with van der Waals surface area (Å²) < 4.78 is 16.9. The molecule has 11 nitrogen and oxygen atoms in total. The SMILES string of the molecule is CCCCN1C(=O)[C@@H]([C@H](O)C2CCOCC2)NC(=O)C12CCN(Cc1ccc(Oc3ccc(C(=O)NC)cc3OC)cc1)CC2.Cl. The number of hydrogen-bond donors (Lipinski definition) is 3. The Labute approximate surface area is 277 Å². The molecule has 0 bridgehead atoms.